The van der Waals surface area contributed by atoms with Gasteiger partial charge in [-0.2, -0.15) is 0 Å². The molecule has 0 saturated carbocycles. The fourth-order valence-corrected chi connectivity index (χ4v) is 1.16. The predicted octanol–water partition coefficient (Wildman–Crippen LogP) is 1.69. The van der Waals surface area contributed by atoms with Gasteiger partial charge in [-0.25, -0.2) is 4.98 Å². The molecule has 1 aromatic rings. The van der Waals surface area contributed by atoms with Crippen LogP contribution in [-0.4, -0.2) is 21.4 Å². The van der Waals surface area contributed by atoms with E-state index >= 15 is 0 Å². The molecule has 17 heavy (non-hydrogen) atoms. The van der Waals surface area contributed by atoms with E-state index < -0.39 is 35.0 Å². The molecule has 1 rings (SSSR count). The van der Waals surface area contributed by atoms with Gasteiger partial charge in [0.05, 0.1) is 11.5 Å². The molecule has 0 spiro atoms. The van der Waals surface area contributed by atoms with Crippen LogP contribution in [0, 0.1) is 17.0 Å². The molecular formula is C8H7F3N2O4. The van der Waals surface area contributed by atoms with Crippen molar-refractivity contribution in [3.8, 4) is 5.88 Å². The molecule has 0 fully saturated rings. The van der Waals surface area contributed by atoms with Crippen molar-refractivity contribution in [1.82, 2.24) is 4.98 Å². The van der Waals surface area contributed by atoms with E-state index in [0.29, 0.717) is 0 Å². The maximum atomic E-state index is 12.0. The minimum atomic E-state index is -5.03. The number of hydrogen-bond acceptors (Lipinski definition) is 5. The number of aliphatic hydroxyl groups excluding tert-OH is 1. The highest BCUT2D eigenvalue weighted by Crippen LogP contribution is 2.31. The van der Waals surface area contributed by atoms with Crippen molar-refractivity contribution in [3.63, 3.8) is 0 Å². The summed E-state index contributed by atoms with van der Waals surface area (Å²) in [5.74, 6) is -1.01. The Morgan fingerprint density at radius 2 is 2.18 bits per heavy atom. The Balaban J connectivity index is 3.33. The average Bonchev–Trinajstić information content (AvgIpc) is 2.14. The van der Waals surface area contributed by atoms with E-state index in [-0.39, 0.29) is 5.69 Å². The number of alkyl halides is 3. The normalized spacial score (nSPS) is 11.4. The summed E-state index contributed by atoms with van der Waals surface area (Å²) in [5, 5.41) is 19.4. The molecule has 0 bridgehead atoms. The summed E-state index contributed by atoms with van der Waals surface area (Å²) in [7, 11) is 0. The summed E-state index contributed by atoms with van der Waals surface area (Å²) in [6.07, 6.45) is -5.03. The molecule has 94 valence electrons. The molecule has 0 saturated heterocycles. The van der Waals surface area contributed by atoms with E-state index in [9.17, 15) is 23.3 Å². The molecule has 0 radical (unpaired) electrons. The van der Waals surface area contributed by atoms with Crippen molar-refractivity contribution < 1.29 is 27.9 Å². The van der Waals surface area contributed by atoms with E-state index in [1.165, 1.54) is 6.92 Å². The zero-order chi connectivity index (χ0) is 13.2. The molecule has 1 heterocycles. The highest BCUT2D eigenvalue weighted by atomic mass is 19.4. The van der Waals surface area contributed by atoms with Gasteiger partial charge < -0.3 is 9.84 Å². The molecule has 1 N–H and O–H groups in total. The molecule has 0 aliphatic carbocycles. The minimum Gasteiger partial charge on any atom is -0.391 e. The van der Waals surface area contributed by atoms with Crippen molar-refractivity contribution in [1.29, 1.82) is 0 Å². The summed E-state index contributed by atoms with van der Waals surface area (Å²) in [5.41, 5.74) is -1.30. The second kappa shape index (κ2) is 4.53. The number of hydrogen-bond donors (Lipinski definition) is 1. The Morgan fingerprint density at radius 1 is 1.59 bits per heavy atom. The summed E-state index contributed by atoms with van der Waals surface area (Å²) in [6, 6.07) is 0.953. The molecule has 0 amide bonds. The summed E-state index contributed by atoms with van der Waals surface area (Å²) < 4.78 is 39.5. The molecule has 0 aliphatic heterocycles. The standard InChI is InChI=1S/C8H7F3N2O4/c1-4-2-6(13(15)16)5(3-14)7(12-4)17-8(9,10)11/h2,14H,3H2,1H3. The first-order chi connectivity index (χ1) is 7.74. The first-order valence-corrected chi connectivity index (χ1v) is 4.26. The van der Waals surface area contributed by atoms with Crippen LogP contribution in [0.2, 0.25) is 0 Å². The zero-order valence-corrected chi connectivity index (χ0v) is 8.48. The molecule has 0 atom stereocenters. The van der Waals surface area contributed by atoms with Crippen molar-refractivity contribution >= 4 is 5.69 Å². The lowest BCUT2D eigenvalue weighted by Crippen LogP contribution is -2.19. The molecule has 9 heteroatoms. The van der Waals surface area contributed by atoms with Crippen LogP contribution < -0.4 is 4.74 Å². The molecule has 6 nitrogen and oxygen atoms in total. The fourth-order valence-electron chi connectivity index (χ4n) is 1.16. The molecule has 0 aliphatic rings. The second-order valence-electron chi connectivity index (χ2n) is 3.03. The summed E-state index contributed by atoms with van der Waals surface area (Å²) >= 11 is 0. The van der Waals surface area contributed by atoms with Crippen molar-refractivity contribution in [2.45, 2.75) is 19.9 Å². The van der Waals surface area contributed by atoms with Gasteiger partial charge in [0, 0.05) is 11.8 Å². The largest absolute Gasteiger partial charge is 0.574 e. The van der Waals surface area contributed by atoms with Crippen molar-refractivity contribution in [2.75, 3.05) is 0 Å². The maximum absolute atomic E-state index is 12.0. The van der Waals surface area contributed by atoms with Gasteiger partial charge in [0.2, 0.25) is 5.88 Å². The van der Waals surface area contributed by atoms with Crippen LogP contribution in [0.1, 0.15) is 11.3 Å². The quantitative estimate of drug-likeness (QED) is 0.653. The van der Waals surface area contributed by atoms with Crippen molar-refractivity contribution in [2.24, 2.45) is 0 Å². The third-order valence-electron chi connectivity index (χ3n) is 1.76. The van der Waals surface area contributed by atoms with Gasteiger partial charge >= 0.3 is 6.36 Å². The number of aromatic nitrogens is 1. The number of ether oxygens (including phenoxy) is 1. The molecule has 0 aromatic carbocycles. The highest BCUT2D eigenvalue weighted by molar-refractivity contribution is 5.46. The van der Waals surface area contributed by atoms with Gasteiger partial charge in [0.1, 0.15) is 5.56 Å². The van der Waals surface area contributed by atoms with Crippen LogP contribution in [0.25, 0.3) is 0 Å². The number of halogens is 3. The first kappa shape index (κ1) is 13.2. The summed E-state index contributed by atoms with van der Waals surface area (Å²) in [6.45, 7) is 0.298. The van der Waals surface area contributed by atoms with Crippen LogP contribution in [0.5, 0.6) is 5.88 Å². The monoisotopic (exact) mass is 252 g/mol. The number of pyridine rings is 1. The van der Waals surface area contributed by atoms with Crippen LogP contribution in [0.3, 0.4) is 0 Å². The SMILES string of the molecule is Cc1cc([N+](=O)[O-])c(CO)c(OC(F)(F)F)n1. The number of aliphatic hydroxyl groups is 1. The van der Waals surface area contributed by atoms with Crippen LogP contribution in [0.4, 0.5) is 18.9 Å². The minimum absolute atomic E-state index is 0.0202. The Kier molecular flexibility index (Phi) is 3.51. The smallest absolute Gasteiger partial charge is 0.391 e. The Hall–Kier alpha value is -1.90. The first-order valence-electron chi connectivity index (χ1n) is 4.26. The lowest BCUT2D eigenvalue weighted by atomic mass is 10.2. The Bertz CT molecular complexity index is 447. The van der Waals surface area contributed by atoms with Gasteiger partial charge in [-0.05, 0) is 6.92 Å². The topological polar surface area (TPSA) is 85.5 Å². The Morgan fingerprint density at radius 3 is 2.59 bits per heavy atom. The second-order valence-corrected chi connectivity index (χ2v) is 3.03. The zero-order valence-electron chi connectivity index (χ0n) is 8.48. The van der Waals surface area contributed by atoms with E-state index in [2.05, 4.69) is 9.72 Å². The van der Waals surface area contributed by atoms with Crippen LogP contribution >= 0.6 is 0 Å². The molecular weight excluding hydrogens is 245 g/mol. The highest BCUT2D eigenvalue weighted by Gasteiger charge is 2.34. The van der Waals surface area contributed by atoms with E-state index in [0.717, 1.165) is 6.07 Å². The Labute approximate surface area is 92.8 Å². The van der Waals surface area contributed by atoms with E-state index in [4.69, 9.17) is 5.11 Å². The number of nitro groups is 1. The number of aryl methyl sites for hydroxylation is 1. The van der Waals surface area contributed by atoms with E-state index in [1.54, 1.807) is 0 Å². The number of rotatable bonds is 3. The van der Waals surface area contributed by atoms with Crippen LogP contribution in [0.15, 0.2) is 6.07 Å². The van der Waals surface area contributed by atoms with Gasteiger partial charge in [-0.3, -0.25) is 10.1 Å². The third-order valence-corrected chi connectivity index (χ3v) is 1.76. The molecule has 1 aromatic heterocycles. The van der Waals surface area contributed by atoms with Crippen LogP contribution in [-0.2, 0) is 6.61 Å². The third kappa shape index (κ3) is 3.28. The van der Waals surface area contributed by atoms with Gasteiger partial charge in [-0.1, -0.05) is 0 Å². The fraction of sp³-hybridized carbons (Fsp3) is 0.375. The van der Waals surface area contributed by atoms with Crippen molar-refractivity contribution in [3.05, 3.63) is 27.4 Å². The average molecular weight is 252 g/mol. The molecule has 0 unspecified atom stereocenters. The summed E-state index contributed by atoms with van der Waals surface area (Å²) in [4.78, 5) is 13.0. The lowest BCUT2D eigenvalue weighted by molar-refractivity contribution is -0.386. The van der Waals surface area contributed by atoms with Gasteiger partial charge in [-0.15, -0.1) is 13.2 Å². The van der Waals surface area contributed by atoms with Gasteiger partial charge in [0.15, 0.2) is 0 Å². The predicted molar refractivity (Wildman–Crippen MR) is 48.2 cm³/mol. The lowest BCUT2D eigenvalue weighted by Gasteiger charge is -2.11. The number of nitrogens with zero attached hydrogens (tertiary/aromatic N) is 2. The maximum Gasteiger partial charge on any atom is 0.574 e. The van der Waals surface area contributed by atoms with Gasteiger partial charge in [0.25, 0.3) is 5.69 Å². The van der Waals surface area contributed by atoms with E-state index in [1.807, 2.05) is 0 Å².